The smallest absolute Gasteiger partial charge is 0.314 e. The monoisotopic (exact) mass is 310 g/mol. The highest BCUT2D eigenvalue weighted by molar-refractivity contribution is 5.75. The quantitative estimate of drug-likeness (QED) is 0.407. The number of esters is 1. The zero-order valence-corrected chi connectivity index (χ0v) is 13.1. The van der Waals surface area contributed by atoms with Crippen molar-refractivity contribution in [1.29, 1.82) is 0 Å². The first kappa shape index (κ1) is 16.9. The molecule has 2 nitrogen and oxygen atoms in total. The molecule has 1 fully saturated rings. The van der Waals surface area contributed by atoms with Gasteiger partial charge in [0.15, 0.2) is 11.6 Å². The van der Waals surface area contributed by atoms with E-state index in [0.29, 0.717) is 5.92 Å². The van der Waals surface area contributed by atoms with E-state index in [4.69, 9.17) is 4.74 Å². The number of hydrogen-bond acceptors (Lipinski definition) is 2. The van der Waals surface area contributed by atoms with Crippen LogP contribution in [0.1, 0.15) is 58.3 Å². The van der Waals surface area contributed by atoms with Crippen molar-refractivity contribution in [3.63, 3.8) is 0 Å². The highest BCUT2D eigenvalue weighted by Crippen LogP contribution is 2.33. The van der Waals surface area contributed by atoms with E-state index in [1.807, 2.05) is 0 Å². The van der Waals surface area contributed by atoms with Crippen LogP contribution in [0, 0.1) is 23.5 Å². The summed E-state index contributed by atoms with van der Waals surface area (Å²) in [6.45, 7) is 2.20. The molecule has 1 aliphatic carbocycles. The molecule has 0 spiro atoms. The Morgan fingerprint density at radius 2 is 1.91 bits per heavy atom. The molecule has 2 rings (SSSR count). The molecule has 122 valence electrons. The van der Waals surface area contributed by atoms with Gasteiger partial charge in [0, 0.05) is 6.07 Å². The van der Waals surface area contributed by atoms with Crippen molar-refractivity contribution in [2.75, 3.05) is 0 Å². The Balaban J connectivity index is 1.80. The molecule has 22 heavy (non-hydrogen) atoms. The van der Waals surface area contributed by atoms with Gasteiger partial charge in [-0.25, -0.2) is 8.78 Å². The molecule has 0 N–H and O–H groups in total. The first-order chi connectivity index (χ1) is 10.6. The SMILES string of the molecule is CCCCC[C@H]1CC[C@H](C(=O)Oc2ccc(F)cc2F)CC1. The third-order valence-electron chi connectivity index (χ3n) is 4.50. The minimum atomic E-state index is -0.832. The molecule has 1 saturated carbocycles. The number of rotatable bonds is 6. The highest BCUT2D eigenvalue weighted by atomic mass is 19.1. The molecule has 0 atom stereocenters. The van der Waals surface area contributed by atoms with Crippen molar-refractivity contribution in [1.82, 2.24) is 0 Å². The zero-order chi connectivity index (χ0) is 15.9. The lowest BCUT2D eigenvalue weighted by Gasteiger charge is -2.27. The van der Waals surface area contributed by atoms with Crippen molar-refractivity contribution < 1.29 is 18.3 Å². The molecule has 0 aromatic heterocycles. The molecular formula is C18H24F2O2. The Labute approximate surface area is 130 Å². The van der Waals surface area contributed by atoms with Crippen molar-refractivity contribution in [3.8, 4) is 5.75 Å². The highest BCUT2D eigenvalue weighted by Gasteiger charge is 2.28. The largest absolute Gasteiger partial charge is 0.423 e. The first-order valence-corrected chi connectivity index (χ1v) is 8.27. The number of hydrogen-bond donors (Lipinski definition) is 0. The second-order valence-corrected chi connectivity index (χ2v) is 6.21. The van der Waals surface area contributed by atoms with Gasteiger partial charge < -0.3 is 4.74 Å². The van der Waals surface area contributed by atoms with Crippen LogP contribution in [0.15, 0.2) is 18.2 Å². The molecule has 0 heterocycles. The van der Waals surface area contributed by atoms with Crippen LogP contribution in [0.25, 0.3) is 0 Å². The van der Waals surface area contributed by atoms with Gasteiger partial charge in [-0.2, -0.15) is 0 Å². The summed E-state index contributed by atoms with van der Waals surface area (Å²) in [6.07, 6.45) is 8.68. The Hall–Kier alpha value is -1.45. The summed E-state index contributed by atoms with van der Waals surface area (Å²) in [5.74, 6) is -1.54. The van der Waals surface area contributed by atoms with Crippen LogP contribution in [-0.2, 0) is 4.79 Å². The van der Waals surface area contributed by atoms with E-state index in [9.17, 15) is 13.6 Å². The number of carbonyl (C=O) groups excluding carboxylic acids is 1. The fraction of sp³-hybridized carbons (Fsp3) is 0.611. The molecule has 0 bridgehead atoms. The number of halogens is 2. The zero-order valence-electron chi connectivity index (χ0n) is 13.1. The Morgan fingerprint density at radius 1 is 1.18 bits per heavy atom. The third kappa shape index (κ3) is 4.79. The number of unbranched alkanes of at least 4 members (excludes halogenated alkanes) is 2. The lowest BCUT2D eigenvalue weighted by Crippen LogP contribution is -2.26. The summed E-state index contributed by atoms with van der Waals surface area (Å²) in [6, 6.07) is 2.99. The lowest BCUT2D eigenvalue weighted by atomic mass is 9.80. The molecule has 0 aliphatic heterocycles. The molecule has 0 radical (unpaired) electrons. The van der Waals surface area contributed by atoms with E-state index < -0.39 is 17.6 Å². The molecule has 1 aromatic rings. The van der Waals surface area contributed by atoms with Crippen molar-refractivity contribution >= 4 is 5.97 Å². The van der Waals surface area contributed by atoms with Crippen molar-refractivity contribution in [2.45, 2.75) is 58.3 Å². The Kier molecular flexibility index (Phi) is 6.34. The van der Waals surface area contributed by atoms with Gasteiger partial charge in [0.25, 0.3) is 0 Å². The topological polar surface area (TPSA) is 26.3 Å². The van der Waals surface area contributed by atoms with E-state index in [1.54, 1.807) is 0 Å². The minimum Gasteiger partial charge on any atom is -0.423 e. The summed E-state index contributed by atoms with van der Waals surface area (Å²) in [4.78, 5) is 12.1. The normalized spacial score (nSPS) is 21.6. The predicted molar refractivity (Wildman–Crippen MR) is 81.6 cm³/mol. The predicted octanol–water partition coefficient (Wildman–Crippen LogP) is 5.26. The van der Waals surface area contributed by atoms with Crippen molar-refractivity contribution in [3.05, 3.63) is 29.8 Å². The third-order valence-corrected chi connectivity index (χ3v) is 4.50. The maximum atomic E-state index is 13.5. The van der Waals surface area contributed by atoms with E-state index in [1.165, 1.54) is 31.7 Å². The van der Waals surface area contributed by atoms with Crippen LogP contribution in [-0.4, -0.2) is 5.97 Å². The minimum absolute atomic E-state index is 0.160. The molecule has 0 amide bonds. The van der Waals surface area contributed by atoms with Crippen LogP contribution in [0.3, 0.4) is 0 Å². The summed E-state index contributed by atoms with van der Waals surface area (Å²) in [7, 11) is 0. The van der Waals surface area contributed by atoms with E-state index in [0.717, 1.165) is 37.8 Å². The fourth-order valence-corrected chi connectivity index (χ4v) is 3.12. The molecule has 0 unspecified atom stereocenters. The van der Waals surface area contributed by atoms with Crippen LogP contribution in [0.4, 0.5) is 8.78 Å². The molecule has 1 aliphatic rings. The Bertz CT molecular complexity index is 494. The lowest BCUT2D eigenvalue weighted by molar-refractivity contribution is -0.140. The van der Waals surface area contributed by atoms with E-state index in [-0.39, 0.29) is 11.7 Å². The summed E-state index contributed by atoms with van der Waals surface area (Å²) in [5, 5.41) is 0. The van der Waals surface area contributed by atoms with Crippen LogP contribution in [0.5, 0.6) is 5.75 Å². The maximum Gasteiger partial charge on any atom is 0.314 e. The Morgan fingerprint density at radius 3 is 2.55 bits per heavy atom. The van der Waals surface area contributed by atoms with Gasteiger partial charge >= 0.3 is 5.97 Å². The van der Waals surface area contributed by atoms with Gasteiger partial charge in [0.1, 0.15) is 5.82 Å². The molecule has 1 aromatic carbocycles. The van der Waals surface area contributed by atoms with Crippen molar-refractivity contribution in [2.24, 2.45) is 11.8 Å². The molecule has 0 saturated heterocycles. The van der Waals surface area contributed by atoms with Crippen LogP contribution >= 0.6 is 0 Å². The first-order valence-electron chi connectivity index (χ1n) is 8.27. The van der Waals surface area contributed by atoms with Crippen LogP contribution < -0.4 is 4.74 Å². The average Bonchev–Trinajstić information content (AvgIpc) is 2.51. The van der Waals surface area contributed by atoms with Gasteiger partial charge in [0.05, 0.1) is 5.92 Å². The van der Waals surface area contributed by atoms with E-state index >= 15 is 0 Å². The maximum absolute atomic E-state index is 13.5. The van der Waals surface area contributed by atoms with Gasteiger partial charge in [0.2, 0.25) is 0 Å². The molecular weight excluding hydrogens is 286 g/mol. The number of ether oxygens (including phenoxy) is 1. The van der Waals surface area contributed by atoms with Gasteiger partial charge in [-0.3, -0.25) is 4.79 Å². The average molecular weight is 310 g/mol. The summed E-state index contributed by atoms with van der Waals surface area (Å²) >= 11 is 0. The van der Waals surface area contributed by atoms with Crippen LogP contribution in [0.2, 0.25) is 0 Å². The second kappa shape index (κ2) is 8.25. The fourth-order valence-electron chi connectivity index (χ4n) is 3.12. The number of benzene rings is 1. The number of carbonyl (C=O) groups is 1. The van der Waals surface area contributed by atoms with Gasteiger partial charge in [-0.1, -0.05) is 32.6 Å². The second-order valence-electron chi connectivity index (χ2n) is 6.21. The van der Waals surface area contributed by atoms with Gasteiger partial charge in [-0.15, -0.1) is 0 Å². The summed E-state index contributed by atoms with van der Waals surface area (Å²) < 4.78 is 31.4. The van der Waals surface area contributed by atoms with Gasteiger partial charge in [-0.05, 0) is 43.7 Å². The standard InChI is InChI=1S/C18H24F2O2/c1-2-3-4-5-13-6-8-14(9-7-13)18(21)22-17-11-10-15(19)12-16(17)20/h10-14H,2-9H2,1H3/t13-,14-. The molecule has 4 heteroatoms. The van der Waals surface area contributed by atoms with E-state index in [2.05, 4.69) is 6.92 Å². The summed E-state index contributed by atoms with van der Waals surface area (Å²) in [5.41, 5.74) is 0.